The van der Waals surface area contributed by atoms with Gasteiger partial charge in [0, 0.05) is 10.2 Å². The third-order valence-corrected chi connectivity index (χ3v) is 3.73. The molecular formula is C14H22S. The molecular weight excluding hydrogens is 200 g/mol. The van der Waals surface area contributed by atoms with E-state index < -0.39 is 0 Å². The lowest BCUT2D eigenvalue weighted by Gasteiger charge is -2.10. The highest BCUT2D eigenvalue weighted by Gasteiger charge is 2.06. The molecule has 0 bridgehead atoms. The Kier molecular flexibility index (Phi) is 5.85. The fourth-order valence-electron chi connectivity index (χ4n) is 1.65. The average molecular weight is 222 g/mol. The summed E-state index contributed by atoms with van der Waals surface area (Å²) in [7, 11) is 0. The SMILES string of the molecule is C=C1C=C(SC(C)CCCC)C=CCC1. The first-order valence-electron chi connectivity index (χ1n) is 5.95. The highest BCUT2D eigenvalue weighted by atomic mass is 32.2. The van der Waals surface area contributed by atoms with Gasteiger partial charge in [-0.2, -0.15) is 0 Å². The summed E-state index contributed by atoms with van der Waals surface area (Å²) in [6.45, 7) is 8.64. The second-order valence-corrected chi connectivity index (χ2v) is 5.73. The zero-order chi connectivity index (χ0) is 11.1. The van der Waals surface area contributed by atoms with E-state index in [9.17, 15) is 0 Å². The van der Waals surface area contributed by atoms with Gasteiger partial charge in [-0.15, -0.1) is 11.8 Å². The van der Waals surface area contributed by atoms with Gasteiger partial charge in [0.1, 0.15) is 0 Å². The van der Waals surface area contributed by atoms with Crippen molar-refractivity contribution in [3.05, 3.63) is 35.3 Å². The van der Waals surface area contributed by atoms with E-state index in [1.165, 1.54) is 29.7 Å². The molecule has 0 radical (unpaired) electrons. The van der Waals surface area contributed by atoms with Gasteiger partial charge in [0.2, 0.25) is 0 Å². The van der Waals surface area contributed by atoms with Gasteiger partial charge in [0.25, 0.3) is 0 Å². The number of hydrogen-bond donors (Lipinski definition) is 0. The Labute approximate surface area is 98.5 Å². The minimum absolute atomic E-state index is 0.728. The average Bonchev–Trinajstić information content (AvgIpc) is 2.39. The lowest BCUT2D eigenvalue weighted by atomic mass is 10.2. The van der Waals surface area contributed by atoms with Crippen molar-refractivity contribution in [2.75, 3.05) is 0 Å². The Morgan fingerprint density at radius 2 is 2.33 bits per heavy atom. The quantitative estimate of drug-likeness (QED) is 0.624. The summed E-state index contributed by atoms with van der Waals surface area (Å²) in [5.74, 6) is 0. The van der Waals surface area contributed by atoms with Crippen molar-refractivity contribution in [3.63, 3.8) is 0 Å². The summed E-state index contributed by atoms with van der Waals surface area (Å²) < 4.78 is 0. The predicted molar refractivity (Wildman–Crippen MR) is 72.2 cm³/mol. The van der Waals surface area contributed by atoms with Gasteiger partial charge < -0.3 is 0 Å². The normalized spacial score (nSPS) is 18.5. The van der Waals surface area contributed by atoms with Crippen LogP contribution in [-0.2, 0) is 0 Å². The van der Waals surface area contributed by atoms with E-state index in [1.54, 1.807) is 0 Å². The Balaban J connectivity index is 2.44. The Morgan fingerprint density at radius 3 is 3.07 bits per heavy atom. The van der Waals surface area contributed by atoms with Gasteiger partial charge in [0.05, 0.1) is 0 Å². The number of thioether (sulfide) groups is 1. The third-order valence-electron chi connectivity index (χ3n) is 2.56. The van der Waals surface area contributed by atoms with E-state index in [1.807, 2.05) is 11.8 Å². The van der Waals surface area contributed by atoms with Crippen LogP contribution in [0.1, 0.15) is 46.0 Å². The molecule has 0 fully saturated rings. The summed E-state index contributed by atoms with van der Waals surface area (Å²) in [5.41, 5.74) is 1.27. The van der Waals surface area contributed by atoms with Crippen LogP contribution in [0.15, 0.2) is 35.3 Å². The van der Waals surface area contributed by atoms with Gasteiger partial charge in [-0.1, -0.05) is 51.0 Å². The Bertz CT molecular complexity index is 261. The van der Waals surface area contributed by atoms with Crippen LogP contribution in [0.4, 0.5) is 0 Å². The van der Waals surface area contributed by atoms with Crippen LogP contribution >= 0.6 is 11.8 Å². The molecule has 0 spiro atoms. The fourth-order valence-corrected chi connectivity index (χ4v) is 2.80. The maximum atomic E-state index is 4.06. The number of rotatable bonds is 5. The van der Waals surface area contributed by atoms with Crippen LogP contribution in [0.3, 0.4) is 0 Å². The smallest absolute Gasteiger partial charge is 0.00740 e. The van der Waals surface area contributed by atoms with Crippen molar-refractivity contribution in [1.29, 1.82) is 0 Å². The number of allylic oxidation sites excluding steroid dienone is 4. The van der Waals surface area contributed by atoms with Gasteiger partial charge in [-0.05, 0) is 25.3 Å². The molecule has 1 aliphatic rings. The maximum absolute atomic E-state index is 4.06. The van der Waals surface area contributed by atoms with E-state index in [-0.39, 0.29) is 0 Å². The largest absolute Gasteiger partial charge is 0.123 e. The molecule has 0 aromatic rings. The maximum Gasteiger partial charge on any atom is 0.00740 e. The molecule has 1 aliphatic carbocycles. The first kappa shape index (κ1) is 12.6. The molecule has 0 aromatic heterocycles. The fraction of sp³-hybridized carbons (Fsp3) is 0.571. The Morgan fingerprint density at radius 1 is 1.53 bits per heavy atom. The van der Waals surface area contributed by atoms with Gasteiger partial charge in [0.15, 0.2) is 0 Å². The van der Waals surface area contributed by atoms with Crippen LogP contribution in [0.25, 0.3) is 0 Å². The lowest BCUT2D eigenvalue weighted by Crippen LogP contribution is -1.95. The number of hydrogen-bond acceptors (Lipinski definition) is 1. The van der Waals surface area contributed by atoms with E-state index >= 15 is 0 Å². The summed E-state index contributed by atoms with van der Waals surface area (Å²) in [5, 5.41) is 0.728. The highest BCUT2D eigenvalue weighted by Crippen LogP contribution is 2.29. The molecule has 15 heavy (non-hydrogen) atoms. The summed E-state index contributed by atoms with van der Waals surface area (Å²) in [6, 6.07) is 0. The molecule has 0 heterocycles. The lowest BCUT2D eigenvalue weighted by molar-refractivity contribution is 0.714. The van der Waals surface area contributed by atoms with E-state index in [0.29, 0.717) is 0 Å². The van der Waals surface area contributed by atoms with Gasteiger partial charge in [-0.25, -0.2) is 0 Å². The van der Waals surface area contributed by atoms with Crippen molar-refractivity contribution < 1.29 is 0 Å². The van der Waals surface area contributed by atoms with Crippen LogP contribution in [0, 0.1) is 0 Å². The zero-order valence-electron chi connectivity index (χ0n) is 9.96. The van der Waals surface area contributed by atoms with Crippen LogP contribution < -0.4 is 0 Å². The van der Waals surface area contributed by atoms with Gasteiger partial charge >= 0.3 is 0 Å². The molecule has 0 saturated heterocycles. The molecule has 0 amide bonds. The van der Waals surface area contributed by atoms with Crippen molar-refractivity contribution in [3.8, 4) is 0 Å². The van der Waals surface area contributed by atoms with Crippen molar-refractivity contribution in [2.45, 2.75) is 51.2 Å². The summed E-state index contributed by atoms with van der Waals surface area (Å²) in [4.78, 5) is 1.39. The highest BCUT2D eigenvalue weighted by molar-refractivity contribution is 8.03. The van der Waals surface area contributed by atoms with Crippen LogP contribution in [-0.4, -0.2) is 5.25 Å². The van der Waals surface area contributed by atoms with Crippen molar-refractivity contribution >= 4 is 11.8 Å². The minimum Gasteiger partial charge on any atom is -0.123 e. The van der Waals surface area contributed by atoms with Crippen LogP contribution in [0.2, 0.25) is 0 Å². The first-order valence-corrected chi connectivity index (χ1v) is 6.83. The summed E-state index contributed by atoms with van der Waals surface area (Å²) >= 11 is 1.99. The second kappa shape index (κ2) is 6.95. The minimum atomic E-state index is 0.728. The number of unbranched alkanes of at least 4 members (excludes halogenated alkanes) is 1. The zero-order valence-corrected chi connectivity index (χ0v) is 10.8. The monoisotopic (exact) mass is 222 g/mol. The van der Waals surface area contributed by atoms with E-state index in [0.717, 1.165) is 18.1 Å². The van der Waals surface area contributed by atoms with Crippen molar-refractivity contribution in [1.82, 2.24) is 0 Å². The van der Waals surface area contributed by atoms with Gasteiger partial charge in [-0.3, -0.25) is 0 Å². The molecule has 0 nitrogen and oxygen atoms in total. The molecule has 1 heteroatoms. The second-order valence-electron chi connectivity index (χ2n) is 4.22. The molecule has 0 aromatic carbocycles. The Hall–Kier alpha value is -0.430. The van der Waals surface area contributed by atoms with Crippen LogP contribution in [0.5, 0.6) is 0 Å². The first-order chi connectivity index (χ1) is 7.22. The third kappa shape index (κ3) is 5.27. The standard InChI is InChI=1S/C14H22S/c1-4-5-9-13(3)15-14-10-7-6-8-12(2)11-14/h7,10-11,13H,2,4-6,8-9H2,1,3H3. The topological polar surface area (TPSA) is 0 Å². The van der Waals surface area contributed by atoms with E-state index in [4.69, 9.17) is 0 Å². The predicted octanol–water partition coefficient (Wildman–Crippen LogP) is 5.09. The molecule has 0 saturated carbocycles. The molecule has 0 aliphatic heterocycles. The van der Waals surface area contributed by atoms with Crippen molar-refractivity contribution in [2.24, 2.45) is 0 Å². The molecule has 1 rings (SSSR count). The molecule has 1 unspecified atom stereocenters. The molecule has 84 valence electrons. The van der Waals surface area contributed by atoms with E-state index in [2.05, 4.69) is 38.7 Å². The molecule has 0 N–H and O–H groups in total. The summed E-state index contributed by atoms with van der Waals surface area (Å²) in [6.07, 6.45) is 13.0. The molecule has 1 atom stereocenters.